The van der Waals surface area contributed by atoms with Gasteiger partial charge < -0.3 is 9.32 Å². The van der Waals surface area contributed by atoms with E-state index in [2.05, 4.69) is 187 Å². The van der Waals surface area contributed by atoms with E-state index in [0.717, 1.165) is 60.9 Å². The number of para-hydroxylation sites is 1. The van der Waals surface area contributed by atoms with Gasteiger partial charge in [-0.05, 0) is 75.8 Å². The van der Waals surface area contributed by atoms with Crippen LogP contribution in [0.1, 0.15) is 0 Å². The number of rotatable bonds is 6. The number of fused-ring (bicyclic) bond motifs is 5. The molecule has 0 radical (unpaired) electrons. The minimum atomic E-state index is 0.896. The Labute approximate surface area is 279 Å². The Hall–Kier alpha value is -6.38. The van der Waals surface area contributed by atoms with Gasteiger partial charge in [0.25, 0.3) is 0 Å². The molecule has 0 N–H and O–H groups in total. The molecule has 1 heterocycles. The first-order chi connectivity index (χ1) is 23.8. The van der Waals surface area contributed by atoms with Gasteiger partial charge in [-0.3, -0.25) is 0 Å². The summed E-state index contributed by atoms with van der Waals surface area (Å²) in [6.45, 7) is 0. The van der Waals surface area contributed by atoms with Crippen LogP contribution in [0.5, 0.6) is 0 Å². The van der Waals surface area contributed by atoms with Crippen LogP contribution in [0.15, 0.2) is 192 Å². The van der Waals surface area contributed by atoms with Gasteiger partial charge in [-0.2, -0.15) is 0 Å². The van der Waals surface area contributed by atoms with Crippen molar-refractivity contribution < 1.29 is 4.42 Å². The highest BCUT2D eigenvalue weighted by atomic mass is 16.3. The average Bonchev–Trinajstić information content (AvgIpc) is 3.57. The van der Waals surface area contributed by atoms with Crippen molar-refractivity contribution in [3.8, 4) is 33.4 Å². The Morgan fingerprint density at radius 3 is 1.42 bits per heavy atom. The molecule has 0 aliphatic heterocycles. The molecule has 8 aromatic carbocycles. The molecule has 226 valence electrons. The molecule has 0 atom stereocenters. The van der Waals surface area contributed by atoms with Gasteiger partial charge in [-0.15, -0.1) is 0 Å². The second-order valence-corrected chi connectivity index (χ2v) is 12.1. The van der Waals surface area contributed by atoms with Crippen LogP contribution in [0, 0.1) is 0 Å². The summed E-state index contributed by atoms with van der Waals surface area (Å²) >= 11 is 0. The minimum absolute atomic E-state index is 0.896. The van der Waals surface area contributed by atoms with Crippen molar-refractivity contribution >= 4 is 49.8 Å². The van der Waals surface area contributed by atoms with Crippen LogP contribution < -0.4 is 4.90 Å². The smallest absolute Gasteiger partial charge is 0.143 e. The fourth-order valence-corrected chi connectivity index (χ4v) is 6.96. The van der Waals surface area contributed by atoms with E-state index in [1.165, 1.54) is 22.3 Å². The van der Waals surface area contributed by atoms with Crippen LogP contribution in [0.4, 0.5) is 17.1 Å². The monoisotopic (exact) mass is 613 g/mol. The van der Waals surface area contributed by atoms with Crippen LogP contribution in [0.2, 0.25) is 0 Å². The first-order valence-corrected chi connectivity index (χ1v) is 16.4. The molecular formula is C46H31NO. The third-order valence-electron chi connectivity index (χ3n) is 9.27. The lowest BCUT2D eigenvalue weighted by Gasteiger charge is -2.27. The molecule has 0 spiro atoms. The Morgan fingerprint density at radius 1 is 0.354 bits per heavy atom. The van der Waals surface area contributed by atoms with Crippen LogP contribution >= 0.6 is 0 Å². The summed E-state index contributed by atoms with van der Waals surface area (Å²) in [5, 5.41) is 4.49. The molecular weight excluding hydrogens is 583 g/mol. The maximum atomic E-state index is 6.68. The van der Waals surface area contributed by atoms with Crippen LogP contribution in [0.3, 0.4) is 0 Å². The standard InChI is InChI=1S/C46H31NO/c1-4-13-32(14-5-1)34-23-27-37(28-24-34)47(38-29-25-35(26-30-38)33-15-6-2-7-16-33)43-21-12-20-39-42(43)31-41(36-17-8-3-9-18-36)45-40-19-10-11-22-44(40)48-46(39)45/h1-31H. The lowest BCUT2D eigenvalue weighted by molar-refractivity contribution is 0.673. The molecule has 0 bridgehead atoms. The second kappa shape index (κ2) is 11.8. The molecule has 0 saturated carbocycles. The highest BCUT2D eigenvalue weighted by Gasteiger charge is 2.21. The summed E-state index contributed by atoms with van der Waals surface area (Å²) in [5.74, 6) is 0. The van der Waals surface area contributed by atoms with Gasteiger partial charge in [-0.25, -0.2) is 0 Å². The molecule has 0 amide bonds. The molecule has 9 aromatic rings. The van der Waals surface area contributed by atoms with Crippen LogP contribution in [0.25, 0.3) is 66.1 Å². The first-order valence-electron chi connectivity index (χ1n) is 16.4. The number of anilines is 3. The molecule has 48 heavy (non-hydrogen) atoms. The van der Waals surface area contributed by atoms with Crippen molar-refractivity contribution in [3.63, 3.8) is 0 Å². The number of furan rings is 1. The van der Waals surface area contributed by atoms with Gasteiger partial charge in [0.1, 0.15) is 11.2 Å². The maximum absolute atomic E-state index is 6.68. The summed E-state index contributed by atoms with van der Waals surface area (Å²) in [4.78, 5) is 2.37. The van der Waals surface area contributed by atoms with E-state index in [1.807, 2.05) is 6.07 Å². The lowest BCUT2D eigenvalue weighted by Crippen LogP contribution is -2.10. The number of nitrogens with zero attached hydrogens (tertiary/aromatic N) is 1. The zero-order chi connectivity index (χ0) is 31.9. The lowest BCUT2D eigenvalue weighted by atomic mass is 9.94. The quantitative estimate of drug-likeness (QED) is 0.185. The first kappa shape index (κ1) is 27.9. The van der Waals surface area contributed by atoms with E-state index in [9.17, 15) is 0 Å². The van der Waals surface area contributed by atoms with Gasteiger partial charge in [0.2, 0.25) is 0 Å². The second-order valence-electron chi connectivity index (χ2n) is 12.1. The largest absolute Gasteiger partial charge is 0.455 e. The predicted octanol–water partition coefficient (Wildman–Crippen LogP) is 13.2. The predicted molar refractivity (Wildman–Crippen MR) is 202 cm³/mol. The molecule has 2 nitrogen and oxygen atoms in total. The van der Waals surface area contributed by atoms with Crippen molar-refractivity contribution in [2.45, 2.75) is 0 Å². The highest BCUT2D eigenvalue weighted by molar-refractivity contribution is 6.23. The highest BCUT2D eigenvalue weighted by Crippen LogP contribution is 2.46. The van der Waals surface area contributed by atoms with E-state index in [0.29, 0.717) is 0 Å². The molecule has 0 unspecified atom stereocenters. The minimum Gasteiger partial charge on any atom is -0.455 e. The maximum Gasteiger partial charge on any atom is 0.143 e. The van der Waals surface area contributed by atoms with Gasteiger partial charge in [0.05, 0.1) is 5.69 Å². The number of benzene rings is 8. The van der Waals surface area contributed by atoms with Crippen LogP contribution in [-0.4, -0.2) is 0 Å². The zero-order valence-corrected chi connectivity index (χ0v) is 26.3. The van der Waals surface area contributed by atoms with Crippen molar-refractivity contribution in [2.24, 2.45) is 0 Å². The van der Waals surface area contributed by atoms with Crippen LogP contribution in [-0.2, 0) is 0 Å². The molecule has 0 aliphatic rings. The van der Waals surface area contributed by atoms with E-state index < -0.39 is 0 Å². The number of hydrogen-bond acceptors (Lipinski definition) is 2. The summed E-state index contributed by atoms with van der Waals surface area (Å²) in [7, 11) is 0. The third-order valence-corrected chi connectivity index (χ3v) is 9.27. The summed E-state index contributed by atoms with van der Waals surface area (Å²) in [5.41, 5.74) is 12.2. The van der Waals surface area contributed by atoms with Gasteiger partial charge >= 0.3 is 0 Å². The van der Waals surface area contributed by atoms with Crippen molar-refractivity contribution in [1.29, 1.82) is 0 Å². The van der Waals surface area contributed by atoms with Crippen molar-refractivity contribution in [2.75, 3.05) is 4.90 Å². The van der Waals surface area contributed by atoms with Gasteiger partial charge in [0, 0.05) is 32.9 Å². The van der Waals surface area contributed by atoms with E-state index in [4.69, 9.17) is 4.42 Å². The van der Waals surface area contributed by atoms with Crippen molar-refractivity contribution in [1.82, 2.24) is 0 Å². The summed E-state index contributed by atoms with van der Waals surface area (Å²) in [6.07, 6.45) is 0. The molecule has 0 saturated heterocycles. The summed E-state index contributed by atoms with van der Waals surface area (Å²) in [6, 6.07) is 66.8. The Balaban J connectivity index is 1.29. The fraction of sp³-hybridized carbons (Fsp3) is 0. The number of hydrogen-bond donors (Lipinski definition) is 0. The SMILES string of the molecule is c1ccc(-c2ccc(N(c3ccc(-c4ccccc4)cc3)c3cccc4c3cc(-c3ccccc3)c3c5ccccc5oc43)cc2)cc1. The Bertz CT molecular complexity index is 2430. The van der Waals surface area contributed by atoms with Gasteiger partial charge in [-0.1, -0.05) is 146 Å². The fourth-order valence-electron chi connectivity index (χ4n) is 6.96. The Morgan fingerprint density at radius 2 is 0.833 bits per heavy atom. The Kier molecular flexibility index (Phi) is 6.84. The third kappa shape index (κ3) is 4.83. The topological polar surface area (TPSA) is 16.4 Å². The molecule has 0 aliphatic carbocycles. The molecule has 2 heteroatoms. The van der Waals surface area contributed by atoms with E-state index in [1.54, 1.807) is 0 Å². The van der Waals surface area contributed by atoms with E-state index in [-0.39, 0.29) is 0 Å². The molecule has 1 aromatic heterocycles. The molecule has 0 fully saturated rings. The average molecular weight is 614 g/mol. The molecule has 9 rings (SSSR count). The van der Waals surface area contributed by atoms with Gasteiger partial charge in [0.15, 0.2) is 0 Å². The van der Waals surface area contributed by atoms with E-state index >= 15 is 0 Å². The van der Waals surface area contributed by atoms with Crippen molar-refractivity contribution in [3.05, 3.63) is 188 Å². The normalized spacial score (nSPS) is 11.3. The zero-order valence-electron chi connectivity index (χ0n) is 26.3. The summed E-state index contributed by atoms with van der Waals surface area (Å²) < 4.78 is 6.68.